The quantitative estimate of drug-likeness (QED) is 0.849. The van der Waals surface area contributed by atoms with Crippen molar-refractivity contribution in [3.05, 3.63) is 39.6 Å². The van der Waals surface area contributed by atoms with Crippen LogP contribution in [0.2, 0.25) is 4.47 Å². The van der Waals surface area contributed by atoms with E-state index in [2.05, 4.69) is 15.1 Å². The molecule has 1 aromatic carbocycles. The first-order valence-electron chi connectivity index (χ1n) is 6.42. The van der Waals surface area contributed by atoms with Crippen molar-refractivity contribution in [2.75, 3.05) is 31.1 Å². The van der Waals surface area contributed by atoms with Crippen LogP contribution in [0.15, 0.2) is 24.3 Å². The molecular formula is C13H12ClFN4OS. The molecule has 1 amide bonds. The van der Waals surface area contributed by atoms with Gasteiger partial charge in [0.25, 0.3) is 5.91 Å². The summed E-state index contributed by atoms with van der Waals surface area (Å²) >= 11 is 6.78. The molecular weight excluding hydrogens is 315 g/mol. The maximum atomic E-state index is 12.9. The maximum Gasteiger partial charge on any atom is 0.285 e. The molecule has 110 valence electrons. The number of hydrogen-bond donors (Lipinski definition) is 0. The first kappa shape index (κ1) is 14.2. The SMILES string of the molecule is O=C(c1nnc(Cl)s1)N1CCN(c2ccc(F)cc2)CC1. The summed E-state index contributed by atoms with van der Waals surface area (Å²) < 4.78 is 13.2. The molecule has 2 aromatic rings. The van der Waals surface area contributed by atoms with Gasteiger partial charge in [-0.1, -0.05) is 11.3 Å². The summed E-state index contributed by atoms with van der Waals surface area (Å²) in [6, 6.07) is 6.38. The third-order valence-electron chi connectivity index (χ3n) is 3.34. The second-order valence-electron chi connectivity index (χ2n) is 4.62. The Hall–Kier alpha value is -1.73. The van der Waals surface area contributed by atoms with E-state index < -0.39 is 0 Å². The molecule has 0 aliphatic carbocycles. The number of carbonyl (C=O) groups excluding carboxylic acids is 1. The van der Waals surface area contributed by atoms with Gasteiger partial charge >= 0.3 is 0 Å². The molecule has 0 N–H and O–H groups in total. The van der Waals surface area contributed by atoms with Gasteiger partial charge in [0, 0.05) is 31.9 Å². The fourth-order valence-electron chi connectivity index (χ4n) is 2.25. The topological polar surface area (TPSA) is 49.3 Å². The number of carbonyl (C=O) groups is 1. The fourth-order valence-corrected chi connectivity index (χ4v) is 3.04. The summed E-state index contributed by atoms with van der Waals surface area (Å²) in [5.41, 5.74) is 0.961. The lowest BCUT2D eigenvalue weighted by Gasteiger charge is -2.35. The van der Waals surface area contributed by atoms with Gasteiger partial charge in [-0.05, 0) is 35.9 Å². The fraction of sp³-hybridized carbons (Fsp3) is 0.308. The first-order chi connectivity index (χ1) is 10.1. The smallest absolute Gasteiger partial charge is 0.285 e. The first-order valence-corrected chi connectivity index (χ1v) is 7.62. The number of anilines is 1. The van der Waals surface area contributed by atoms with Crippen molar-refractivity contribution in [1.29, 1.82) is 0 Å². The summed E-state index contributed by atoms with van der Waals surface area (Å²) in [5, 5.41) is 7.73. The van der Waals surface area contributed by atoms with Crippen LogP contribution < -0.4 is 4.90 Å². The van der Waals surface area contributed by atoms with E-state index in [0.717, 1.165) is 17.0 Å². The average Bonchev–Trinajstić information content (AvgIpc) is 2.94. The minimum absolute atomic E-state index is 0.141. The molecule has 0 unspecified atom stereocenters. The Morgan fingerprint density at radius 1 is 1.14 bits per heavy atom. The van der Waals surface area contributed by atoms with Crippen LogP contribution in [0.1, 0.15) is 9.80 Å². The van der Waals surface area contributed by atoms with E-state index in [-0.39, 0.29) is 16.2 Å². The number of halogens is 2. The Kier molecular flexibility index (Phi) is 4.03. The third kappa shape index (κ3) is 3.14. The molecule has 0 saturated carbocycles. The number of nitrogens with zero attached hydrogens (tertiary/aromatic N) is 4. The Balaban J connectivity index is 1.62. The highest BCUT2D eigenvalue weighted by atomic mass is 35.5. The van der Waals surface area contributed by atoms with E-state index in [1.54, 1.807) is 17.0 Å². The van der Waals surface area contributed by atoms with E-state index in [1.807, 2.05) is 0 Å². The number of piperazine rings is 1. The van der Waals surface area contributed by atoms with Gasteiger partial charge in [0.1, 0.15) is 5.82 Å². The van der Waals surface area contributed by atoms with Gasteiger partial charge in [-0.2, -0.15) is 0 Å². The Morgan fingerprint density at radius 3 is 2.38 bits per heavy atom. The zero-order valence-electron chi connectivity index (χ0n) is 11.0. The third-order valence-corrected chi connectivity index (χ3v) is 4.35. The molecule has 3 rings (SSSR count). The van der Waals surface area contributed by atoms with Crippen molar-refractivity contribution in [3.8, 4) is 0 Å². The second-order valence-corrected chi connectivity index (χ2v) is 6.18. The van der Waals surface area contributed by atoms with Crippen molar-refractivity contribution in [3.63, 3.8) is 0 Å². The van der Waals surface area contributed by atoms with Crippen LogP contribution in [0.4, 0.5) is 10.1 Å². The molecule has 0 atom stereocenters. The standard InChI is InChI=1S/C13H12ClFN4OS/c14-13-17-16-11(21-13)12(20)19-7-5-18(6-8-19)10-3-1-9(15)2-4-10/h1-4H,5-8H2. The molecule has 21 heavy (non-hydrogen) atoms. The number of benzene rings is 1. The molecule has 1 saturated heterocycles. The molecule has 8 heteroatoms. The van der Waals surface area contributed by atoms with Crippen molar-refractivity contribution in [1.82, 2.24) is 15.1 Å². The average molecular weight is 327 g/mol. The zero-order valence-corrected chi connectivity index (χ0v) is 12.6. The molecule has 0 bridgehead atoms. The normalized spacial score (nSPS) is 15.3. The van der Waals surface area contributed by atoms with Gasteiger partial charge in [-0.3, -0.25) is 4.79 Å². The predicted octanol–water partition coefficient (Wildman–Crippen LogP) is 2.29. The molecule has 0 radical (unpaired) electrons. The van der Waals surface area contributed by atoms with E-state index >= 15 is 0 Å². The predicted molar refractivity (Wildman–Crippen MR) is 79.4 cm³/mol. The minimum Gasteiger partial charge on any atom is -0.368 e. The van der Waals surface area contributed by atoms with Gasteiger partial charge < -0.3 is 9.80 Å². The van der Waals surface area contributed by atoms with Crippen molar-refractivity contribution < 1.29 is 9.18 Å². The highest BCUT2D eigenvalue weighted by Crippen LogP contribution is 2.20. The molecule has 1 aromatic heterocycles. The lowest BCUT2D eigenvalue weighted by molar-refractivity contribution is 0.0745. The summed E-state index contributed by atoms with van der Waals surface area (Å²) in [4.78, 5) is 16.1. The molecule has 1 fully saturated rings. The molecule has 1 aliphatic heterocycles. The van der Waals surface area contributed by atoms with Gasteiger partial charge in [-0.25, -0.2) is 4.39 Å². The molecule has 5 nitrogen and oxygen atoms in total. The van der Waals surface area contributed by atoms with Crippen molar-refractivity contribution >= 4 is 34.5 Å². The maximum absolute atomic E-state index is 12.9. The van der Waals surface area contributed by atoms with Crippen LogP contribution >= 0.6 is 22.9 Å². The van der Waals surface area contributed by atoms with E-state index in [0.29, 0.717) is 31.2 Å². The number of hydrogen-bond acceptors (Lipinski definition) is 5. The van der Waals surface area contributed by atoms with Crippen LogP contribution in [-0.2, 0) is 0 Å². The monoisotopic (exact) mass is 326 g/mol. The number of amides is 1. The van der Waals surface area contributed by atoms with Crippen LogP contribution in [0.25, 0.3) is 0 Å². The van der Waals surface area contributed by atoms with E-state index in [1.165, 1.54) is 12.1 Å². The molecule has 0 spiro atoms. The zero-order chi connectivity index (χ0) is 14.8. The van der Waals surface area contributed by atoms with Crippen LogP contribution in [0, 0.1) is 5.82 Å². The van der Waals surface area contributed by atoms with Crippen LogP contribution in [0.5, 0.6) is 0 Å². The Morgan fingerprint density at radius 2 is 1.81 bits per heavy atom. The molecule has 2 heterocycles. The lowest BCUT2D eigenvalue weighted by atomic mass is 10.2. The summed E-state index contributed by atoms with van der Waals surface area (Å²) in [6.07, 6.45) is 0. The van der Waals surface area contributed by atoms with Gasteiger partial charge in [-0.15, -0.1) is 10.2 Å². The Labute approximate surface area is 130 Å². The van der Waals surface area contributed by atoms with E-state index in [9.17, 15) is 9.18 Å². The van der Waals surface area contributed by atoms with Gasteiger partial charge in [0.15, 0.2) is 0 Å². The van der Waals surface area contributed by atoms with Gasteiger partial charge in [0.2, 0.25) is 9.47 Å². The van der Waals surface area contributed by atoms with E-state index in [4.69, 9.17) is 11.6 Å². The Bertz CT molecular complexity index is 640. The second kappa shape index (κ2) is 5.95. The highest BCUT2D eigenvalue weighted by Gasteiger charge is 2.24. The van der Waals surface area contributed by atoms with Crippen molar-refractivity contribution in [2.24, 2.45) is 0 Å². The largest absolute Gasteiger partial charge is 0.368 e. The molecule has 1 aliphatic rings. The van der Waals surface area contributed by atoms with Crippen LogP contribution in [-0.4, -0.2) is 47.2 Å². The number of aromatic nitrogens is 2. The lowest BCUT2D eigenvalue weighted by Crippen LogP contribution is -2.48. The minimum atomic E-state index is -0.249. The van der Waals surface area contributed by atoms with Crippen molar-refractivity contribution in [2.45, 2.75) is 0 Å². The summed E-state index contributed by atoms with van der Waals surface area (Å²) in [7, 11) is 0. The number of rotatable bonds is 2. The van der Waals surface area contributed by atoms with Crippen LogP contribution in [0.3, 0.4) is 0 Å². The summed E-state index contributed by atoms with van der Waals surface area (Å²) in [6.45, 7) is 2.58. The van der Waals surface area contributed by atoms with Gasteiger partial charge in [0.05, 0.1) is 0 Å². The summed E-state index contributed by atoms with van der Waals surface area (Å²) in [5.74, 6) is -0.390. The highest BCUT2D eigenvalue weighted by molar-refractivity contribution is 7.17.